The van der Waals surface area contributed by atoms with Crippen LogP contribution in [0.5, 0.6) is 0 Å². The number of aryl methyl sites for hydroxylation is 1. The van der Waals surface area contributed by atoms with Crippen molar-refractivity contribution in [2.75, 3.05) is 0 Å². The molecule has 0 N–H and O–H groups in total. The lowest BCUT2D eigenvalue weighted by atomic mass is 9.96. The average Bonchev–Trinajstić information content (AvgIpc) is 2.37. The Balaban J connectivity index is 2.52. The van der Waals surface area contributed by atoms with Crippen molar-refractivity contribution < 1.29 is 0 Å². The van der Waals surface area contributed by atoms with Gasteiger partial charge in [-0.15, -0.1) is 0 Å². The molecule has 0 unspecified atom stereocenters. The third-order valence-electron chi connectivity index (χ3n) is 2.62. The molecule has 0 aliphatic carbocycles. The summed E-state index contributed by atoms with van der Waals surface area (Å²) in [6, 6.07) is 20.3. The molecule has 82 valence electrons. The van der Waals surface area contributed by atoms with E-state index in [-0.39, 0.29) is 0 Å². The lowest BCUT2D eigenvalue weighted by Crippen LogP contribution is -1.88. The van der Waals surface area contributed by atoms with Gasteiger partial charge in [-0.1, -0.05) is 60.2 Å². The smallest absolute Gasteiger partial charge is 0.0918 e. The highest BCUT2D eigenvalue weighted by Gasteiger charge is 2.04. The van der Waals surface area contributed by atoms with Gasteiger partial charge in [-0.3, -0.25) is 0 Å². The van der Waals surface area contributed by atoms with Crippen LogP contribution in [0.3, 0.4) is 0 Å². The van der Waals surface area contributed by atoms with Gasteiger partial charge in [0.2, 0.25) is 0 Å². The number of nitrogens with zero attached hydrogens (tertiary/aromatic N) is 1. The molecular weight excluding hydrogens is 206 g/mol. The van der Waals surface area contributed by atoms with E-state index in [4.69, 9.17) is 5.26 Å². The van der Waals surface area contributed by atoms with E-state index in [1.54, 1.807) is 6.08 Å². The summed E-state index contributed by atoms with van der Waals surface area (Å²) in [7, 11) is 0. The van der Waals surface area contributed by atoms with Crippen LogP contribution >= 0.6 is 0 Å². The van der Waals surface area contributed by atoms with Gasteiger partial charge in [0, 0.05) is 6.08 Å². The summed E-state index contributed by atoms with van der Waals surface area (Å²) in [5.41, 5.74) is 4.32. The fourth-order valence-corrected chi connectivity index (χ4v) is 1.83. The first-order chi connectivity index (χ1) is 8.31. The van der Waals surface area contributed by atoms with Gasteiger partial charge in [0.25, 0.3) is 0 Å². The Bertz CT molecular complexity index is 574. The largest absolute Gasteiger partial charge is 0.193 e. The first-order valence-electron chi connectivity index (χ1n) is 5.53. The zero-order chi connectivity index (χ0) is 12.1. The maximum absolute atomic E-state index is 8.90. The van der Waals surface area contributed by atoms with Gasteiger partial charge in [-0.05, 0) is 23.6 Å². The van der Waals surface area contributed by atoms with Crippen molar-refractivity contribution in [3.05, 3.63) is 77.4 Å². The Morgan fingerprint density at radius 1 is 1.00 bits per heavy atom. The van der Waals surface area contributed by atoms with Crippen molar-refractivity contribution in [1.82, 2.24) is 0 Å². The number of rotatable bonds is 2. The third-order valence-corrected chi connectivity index (χ3v) is 2.62. The Kier molecular flexibility index (Phi) is 3.37. The fourth-order valence-electron chi connectivity index (χ4n) is 1.83. The molecule has 0 heterocycles. The standard InChI is InChI=1S/C16H13N/c1-13-6-5-9-15(12-13)16(10-11-17)14-7-3-2-4-8-14/h2-10,12H,1H3/b16-10+. The predicted molar refractivity (Wildman–Crippen MR) is 70.3 cm³/mol. The number of nitriles is 1. The van der Waals surface area contributed by atoms with E-state index in [1.807, 2.05) is 42.5 Å². The number of allylic oxidation sites excluding steroid dienone is 1. The summed E-state index contributed by atoms with van der Waals surface area (Å²) in [5.74, 6) is 0. The highest BCUT2D eigenvalue weighted by molar-refractivity contribution is 5.81. The van der Waals surface area contributed by atoms with Crippen molar-refractivity contribution >= 4 is 5.57 Å². The molecule has 0 saturated carbocycles. The van der Waals surface area contributed by atoms with Crippen LogP contribution in [0.2, 0.25) is 0 Å². The quantitative estimate of drug-likeness (QED) is 0.701. The van der Waals surface area contributed by atoms with Gasteiger partial charge in [-0.2, -0.15) is 5.26 Å². The van der Waals surface area contributed by atoms with Crippen LogP contribution in [-0.2, 0) is 0 Å². The summed E-state index contributed by atoms with van der Waals surface area (Å²) in [5, 5.41) is 8.90. The minimum Gasteiger partial charge on any atom is -0.193 e. The summed E-state index contributed by atoms with van der Waals surface area (Å²) in [6.07, 6.45) is 1.60. The van der Waals surface area contributed by atoms with Crippen molar-refractivity contribution in [3.63, 3.8) is 0 Å². The molecule has 17 heavy (non-hydrogen) atoms. The lowest BCUT2D eigenvalue weighted by molar-refractivity contribution is 1.44. The maximum Gasteiger partial charge on any atom is 0.0918 e. The van der Waals surface area contributed by atoms with E-state index < -0.39 is 0 Å². The Hall–Kier alpha value is -2.33. The first-order valence-corrected chi connectivity index (χ1v) is 5.53. The maximum atomic E-state index is 8.90. The van der Waals surface area contributed by atoms with Crippen LogP contribution in [0, 0.1) is 18.3 Å². The Labute approximate surface area is 102 Å². The minimum atomic E-state index is 0.969. The molecule has 0 amide bonds. The van der Waals surface area contributed by atoms with Crippen molar-refractivity contribution in [1.29, 1.82) is 5.26 Å². The molecule has 0 aromatic heterocycles. The molecule has 1 heteroatoms. The molecule has 0 fully saturated rings. The van der Waals surface area contributed by atoms with Crippen molar-refractivity contribution in [2.45, 2.75) is 6.92 Å². The zero-order valence-corrected chi connectivity index (χ0v) is 9.72. The van der Waals surface area contributed by atoms with Crippen molar-refractivity contribution in [2.24, 2.45) is 0 Å². The Morgan fingerprint density at radius 3 is 2.35 bits per heavy atom. The monoisotopic (exact) mass is 219 g/mol. The van der Waals surface area contributed by atoms with E-state index in [0.29, 0.717) is 0 Å². The van der Waals surface area contributed by atoms with Crippen LogP contribution in [0.1, 0.15) is 16.7 Å². The minimum absolute atomic E-state index is 0.969. The lowest BCUT2D eigenvalue weighted by Gasteiger charge is -2.07. The zero-order valence-electron chi connectivity index (χ0n) is 9.72. The van der Waals surface area contributed by atoms with Crippen LogP contribution < -0.4 is 0 Å². The molecule has 0 radical (unpaired) electrons. The number of hydrogen-bond acceptors (Lipinski definition) is 1. The second-order valence-electron chi connectivity index (χ2n) is 3.92. The van der Waals surface area contributed by atoms with Crippen LogP contribution in [0.15, 0.2) is 60.7 Å². The normalized spacial score (nSPS) is 10.9. The second-order valence-corrected chi connectivity index (χ2v) is 3.92. The summed E-state index contributed by atoms with van der Waals surface area (Å²) in [6.45, 7) is 2.05. The predicted octanol–water partition coefficient (Wildman–Crippen LogP) is 3.95. The number of hydrogen-bond donors (Lipinski definition) is 0. The van der Waals surface area contributed by atoms with E-state index in [2.05, 4.69) is 25.1 Å². The van der Waals surface area contributed by atoms with E-state index >= 15 is 0 Å². The molecule has 2 aromatic carbocycles. The SMILES string of the molecule is Cc1cccc(/C(=C/C#N)c2ccccc2)c1. The van der Waals surface area contributed by atoms with Gasteiger partial charge < -0.3 is 0 Å². The first kappa shape index (κ1) is 11.2. The summed E-state index contributed by atoms with van der Waals surface area (Å²) >= 11 is 0. The third kappa shape index (κ3) is 2.62. The van der Waals surface area contributed by atoms with Crippen molar-refractivity contribution in [3.8, 4) is 6.07 Å². The van der Waals surface area contributed by atoms with Gasteiger partial charge in [0.05, 0.1) is 6.07 Å². The molecular formula is C16H13N. The van der Waals surface area contributed by atoms with Gasteiger partial charge in [0.1, 0.15) is 0 Å². The van der Waals surface area contributed by atoms with Gasteiger partial charge in [-0.25, -0.2) is 0 Å². The second kappa shape index (κ2) is 5.14. The molecule has 0 bridgehead atoms. The molecule has 2 rings (SSSR count). The highest BCUT2D eigenvalue weighted by atomic mass is 14.2. The summed E-state index contributed by atoms with van der Waals surface area (Å²) < 4.78 is 0. The van der Waals surface area contributed by atoms with Crippen LogP contribution in [0.4, 0.5) is 0 Å². The van der Waals surface area contributed by atoms with E-state index in [1.165, 1.54) is 5.56 Å². The molecule has 0 aliphatic heterocycles. The molecule has 0 spiro atoms. The van der Waals surface area contributed by atoms with E-state index in [0.717, 1.165) is 16.7 Å². The average molecular weight is 219 g/mol. The Morgan fingerprint density at radius 2 is 1.71 bits per heavy atom. The highest BCUT2D eigenvalue weighted by Crippen LogP contribution is 2.23. The summed E-state index contributed by atoms with van der Waals surface area (Å²) in [4.78, 5) is 0. The van der Waals surface area contributed by atoms with E-state index in [9.17, 15) is 0 Å². The molecule has 1 nitrogen and oxygen atoms in total. The van der Waals surface area contributed by atoms with Gasteiger partial charge >= 0.3 is 0 Å². The molecule has 0 saturated heterocycles. The molecule has 0 aliphatic rings. The number of benzene rings is 2. The molecule has 0 atom stereocenters. The van der Waals surface area contributed by atoms with Crippen LogP contribution in [-0.4, -0.2) is 0 Å². The van der Waals surface area contributed by atoms with Crippen LogP contribution in [0.25, 0.3) is 5.57 Å². The molecule has 2 aromatic rings. The van der Waals surface area contributed by atoms with Gasteiger partial charge in [0.15, 0.2) is 0 Å². The topological polar surface area (TPSA) is 23.8 Å². The fraction of sp³-hybridized carbons (Fsp3) is 0.0625.